The summed E-state index contributed by atoms with van der Waals surface area (Å²) in [5.74, 6) is -0.129. The van der Waals surface area contributed by atoms with Crippen LogP contribution in [0.3, 0.4) is 0 Å². The van der Waals surface area contributed by atoms with Crippen LogP contribution in [0.15, 0.2) is 78.4 Å². The highest BCUT2D eigenvalue weighted by molar-refractivity contribution is 6.32. The number of hydrogen-bond acceptors (Lipinski definition) is 5. The molecule has 2 amide bonds. The molecule has 0 N–H and O–H groups in total. The van der Waals surface area contributed by atoms with E-state index in [4.69, 9.17) is 21.1 Å². The Morgan fingerprint density at radius 1 is 1.00 bits per heavy atom. The lowest BCUT2D eigenvalue weighted by atomic mass is 10.1. The highest BCUT2D eigenvalue weighted by Gasteiger charge is 2.35. The third kappa shape index (κ3) is 4.40. The summed E-state index contributed by atoms with van der Waals surface area (Å²) in [4.78, 5) is 38.2. The molecule has 3 aromatic rings. The van der Waals surface area contributed by atoms with Gasteiger partial charge in [-0.25, -0.2) is 9.69 Å². The number of hydrogen-bond donors (Lipinski definition) is 0. The van der Waals surface area contributed by atoms with E-state index in [1.165, 1.54) is 7.11 Å². The predicted molar refractivity (Wildman–Crippen MR) is 121 cm³/mol. The number of amides is 2. The van der Waals surface area contributed by atoms with Crippen LogP contribution in [0.1, 0.15) is 22.3 Å². The Kier molecular flexibility index (Phi) is 6.05. The number of rotatable bonds is 5. The molecular weight excluding hydrogens is 430 g/mol. The molecule has 1 aliphatic heterocycles. The van der Waals surface area contributed by atoms with Gasteiger partial charge in [0.1, 0.15) is 11.5 Å². The van der Waals surface area contributed by atoms with Gasteiger partial charge in [0, 0.05) is 16.2 Å². The maximum Gasteiger partial charge on any atom is 0.337 e. The summed E-state index contributed by atoms with van der Waals surface area (Å²) in [6.07, 6.45) is 1.64. The van der Waals surface area contributed by atoms with Crippen molar-refractivity contribution in [1.82, 2.24) is 0 Å². The van der Waals surface area contributed by atoms with Crippen molar-refractivity contribution >= 4 is 41.1 Å². The molecule has 3 aromatic carbocycles. The Hall–Kier alpha value is -3.90. The van der Waals surface area contributed by atoms with Gasteiger partial charge >= 0.3 is 5.97 Å². The summed E-state index contributed by atoms with van der Waals surface area (Å²) in [6.45, 7) is 0. The van der Waals surface area contributed by atoms with E-state index >= 15 is 0 Å². The number of anilines is 1. The van der Waals surface area contributed by atoms with Gasteiger partial charge in [-0.2, -0.15) is 0 Å². The van der Waals surface area contributed by atoms with Crippen molar-refractivity contribution in [2.75, 3.05) is 12.0 Å². The number of ether oxygens (including phenoxy) is 2. The summed E-state index contributed by atoms with van der Waals surface area (Å²) in [7, 11) is 1.32. The van der Waals surface area contributed by atoms with Gasteiger partial charge in [0.2, 0.25) is 5.91 Å². The highest BCUT2D eigenvalue weighted by atomic mass is 35.5. The molecule has 0 aromatic heterocycles. The first-order chi connectivity index (χ1) is 15.5. The number of halogens is 1. The summed E-state index contributed by atoms with van der Waals surface area (Å²) < 4.78 is 10.6. The normalized spacial score (nSPS) is 14.7. The Bertz CT molecular complexity index is 1230. The first kappa shape index (κ1) is 21.3. The Morgan fingerprint density at radius 2 is 1.75 bits per heavy atom. The van der Waals surface area contributed by atoms with E-state index in [0.29, 0.717) is 38.9 Å². The third-order valence-corrected chi connectivity index (χ3v) is 5.12. The van der Waals surface area contributed by atoms with Crippen LogP contribution in [0.25, 0.3) is 6.08 Å². The lowest BCUT2D eigenvalue weighted by Gasteiger charge is -2.13. The van der Waals surface area contributed by atoms with E-state index in [1.807, 2.05) is 6.07 Å². The number of imide groups is 1. The van der Waals surface area contributed by atoms with Gasteiger partial charge in [0.25, 0.3) is 5.91 Å². The molecule has 0 radical (unpaired) electrons. The van der Waals surface area contributed by atoms with Crippen molar-refractivity contribution < 1.29 is 23.9 Å². The minimum atomic E-state index is -0.435. The van der Waals surface area contributed by atoms with Crippen molar-refractivity contribution in [3.8, 4) is 11.5 Å². The van der Waals surface area contributed by atoms with Crippen LogP contribution < -0.4 is 9.64 Å². The van der Waals surface area contributed by atoms with Crippen LogP contribution >= 0.6 is 11.6 Å². The van der Waals surface area contributed by atoms with Crippen molar-refractivity contribution in [2.24, 2.45) is 0 Å². The molecule has 32 heavy (non-hydrogen) atoms. The molecule has 0 aliphatic carbocycles. The predicted octanol–water partition coefficient (Wildman–Crippen LogP) is 5.27. The maximum atomic E-state index is 12.9. The van der Waals surface area contributed by atoms with Gasteiger partial charge in [0.15, 0.2) is 0 Å². The zero-order valence-electron chi connectivity index (χ0n) is 17.1. The average molecular weight is 448 g/mol. The Morgan fingerprint density at radius 3 is 2.47 bits per heavy atom. The molecule has 0 atom stereocenters. The topological polar surface area (TPSA) is 72.9 Å². The Balaban J connectivity index is 1.59. The van der Waals surface area contributed by atoms with Crippen molar-refractivity contribution in [1.29, 1.82) is 0 Å². The zero-order valence-corrected chi connectivity index (χ0v) is 17.8. The first-order valence-corrected chi connectivity index (χ1v) is 10.1. The lowest BCUT2D eigenvalue weighted by Crippen LogP contribution is -2.28. The highest BCUT2D eigenvalue weighted by Crippen LogP contribution is 2.32. The molecule has 1 heterocycles. The second-order valence-corrected chi connectivity index (χ2v) is 7.45. The van der Waals surface area contributed by atoms with Gasteiger partial charge in [-0.05, 0) is 54.6 Å². The molecule has 1 fully saturated rings. The largest absolute Gasteiger partial charge is 0.465 e. The number of nitrogens with zero attached hydrogens (tertiary/aromatic N) is 1. The van der Waals surface area contributed by atoms with E-state index in [9.17, 15) is 14.4 Å². The number of esters is 1. The molecule has 0 bridgehead atoms. The van der Waals surface area contributed by atoms with Gasteiger partial charge < -0.3 is 9.47 Å². The summed E-state index contributed by atoms with van der Waals surface area (Å²) in [6, 6.07) is 20.3. The SMILES string of the molecule is COC(=O)c1ccc(Oc2ccccc2/C=C2/CC(=O)N(c3cccc(Cl)c3)C2=O)cc1. The fraction of sp³-hybridized carbons (Fsp3) is 0.0800. The molecule has 4 rings (SSSR count). The molecule has 1 aliphatic rings. The molecule has 1 saturated heterocycles. The smallest absolute Gasteiger partial charge is 0.337 e. The molecule has 160 valence electrons. The molecule has 0 unspecified atom stereocenters. The number of methoxy groups -OCH3 is 1. The zero-order chi connectivity index (χ0) is 22.7. The summed E-state index contributed by atoms with van der Waals surface area (Å²) in [5.41, 5.74) is 1.85. The van der Waals surface area contributed by atoms with Crippen LogP contribution in [-0.2, 0) is 14.3 Å². The molecule has 7 heteroatoms. The van der Waals surface area contributed by atoms with E-state index < -0.39 is 11.9 Å². The van der Waals surface area contributed by atoms with Crippen molar-refractivity contribution in [3.05, 3.63) is 94.5 Å². The summed E-state index contributed by atoms with van der Waals surface area (Å²) >= 11 is 6.01. The van der Waals surface area contributed by atoms with Gasteiger partial charge in [-0.1, -0.05) is 35.9 Å². The lowest BCUT2D eigenvalue weighted by molar-refractivity contribution is -0.120. The molecule has 6 nitrogen and oxygen atoms in total. The molecule has 0 saturated carbocycles. The van der Waals surface area contributed by atoms with E-state index in [2.05, 4.69) is 0 Å². The molecule has 0 spiro atoms. The fourth-order valence-corrected chi connectivity index (χ4v) is 3.53. The van der Waals surface area contributed by atoms with E-state index in [0.717, 1.165) is 4.90 Å². The minimum absolute atomic E-state index is 0.0203. The molecular formula is C25H18ClNO5. The van der Waals surface area contributed by atoms with E-state index in [-0.39, 0.29) is 12.3 Å². The fourth-order valence-electron chi connectivity index (χ4n) is 3.35. The second-order valence-electron chi connectivity index (χ2n) is 7.02. The number of benzene rings is 3. The Labute approximate surface area is 189 Å². The van der Waals surface area contributed by atoms with E-state index in [1.54, 1.807) is 72.8 Å². The van der Waals surface area contributed by atoms with Crippen molar-refractivity contribution in [3.63, 3.8) is 0 Å². The van der Waals surface area contributed by atoms with Crippen LogP contribution in [-0.4, -0.2) is 24.9 Å². The summed E-state index contributed by atoms with van der Waals surface area (Å²) in [5, 5.41) is 0.442. The van der Waals surface area contributed by atoms with Gasteiger partial charge in [-0.3, -0.25) is 9.59 Å². The van der Waals surface area contributed by atoms with Crippen molar-refractivity contribution in [2.45, 2.75) is 6.42 Å². The third-order valence-electron chi connectivity index (χ3n) is 4.89. The van der Waals surface area contributed by atoms with Crippen LogP contribution in [0, 0.1) is 0 Å². The van der Waals surface area contributed by atoms with Gasteiger partial charge in [0.05, 0.1) is 24.8 Å². The quantitative estimate of drug-likeness (QED) is 0.303. The minimum Gasteiger partial charge on any atom is -0.465 e. The average Bonchev–Trinajstić information content (AvgIpc) is 3.07. The second kappa shape index (κ2) is 9.08. The number of carbonyl (C=O) groups is 3. The van der Waals surface area contributed by atoms with Crippen LogP contribution in [0.5, 0.6) is 11.5 Å². The maximum absolute atomic E-state index is 12.9. The number of carbonyl (C=O) groups excluding carboxylic acids is 3. The first-order valence-electron chi connectivity index (χ1n) is 9.75. The monoisotopic (exact) mass is 447 g/mol. The van der Waals surface area contributed by atoms with Crippen LogP contribution in [0.2, 0.25) is 5.02 Å². The standard InChI is InChI=1S/C25H18ClNO5/c1-31-25(30)16-9-11-21(12-10-16)32-22-8-3-2-5-17(22)13-18-14-23(28)27(24(18)29)20-7-4-6-19(26)15-20/h2-13,15H,14H2,1H3/b18-13-. The van der Waals surface area contributed by atoms with Gasteiger partial charge in [-0.15, -0.1) is 0 Å². The number of para-hydroxylation sites is 1. The van der Waals surface area contributed by atoms with Crippen LogP contribution in [0.4, 0.5) is 5.69 Å².